The van der Waals surface area contributed by atoms with Crippen LogP contribution in [0.3, 0.4) is 0 Å². The molecule has 0 saturated carbocycles. The summed E-state index contributed by atoms with van der Waals surface area (Å²) in [7, 11) is 0. The van der Waals surface area contributed by atoms with E-state index in [0.717, 1.165) is 24.8 Å². The van der Waals surface area contributed by atoms with Crippen LogP contribution in [0.2, 0.25) is 0 Å². The molecule has 1 aliphatic heterocycles. The maximum atomic E-state index is 12.4. The molecule has 21 heavy (non-hydrogen) atoms. The normalized spacial score (nSPS) is 19.1. The first-order chi connectivity index (χ1) is 10.1. The van der Waals surface area contributed by atoms with E-state index < -0.39 is 0 Å². The Kier molecular flexibility index (Phi) is 4.99. The average molecular weight is 288 g/mol. The first kappa shape index (κ1) is 15.5. The summed E-state index contributed by atoms with van der Waals surface area (Å²) in [6.07, 6.45) is 3.16. The Bertz CT molecular complexity index is 527. The molecule has 2 unspecified atom stereocenters. The molecule has 114 valence electrons. The number of urea groups is 1. The van der Waals surface area contributed by atoms with Crippen LogP contribution in [0, 0.1) is 6.92 Å². The van der Waals surface area contributed by atoms with Gasteiger partial charge in [0.2, 0.25) is 5.91 Å². The number of β-lactam (4-membered cyclic amide) rings is 1. The molecule has 1 aliphatic rings. The zero-order valence-electron chi connectivity index (χ0n) is 13.1. The van der Waals surface area contributed by atoms with Gasteiger partial charge in [0, 0.05) is 12.5 Å². The SMILES string of the molecule is CCCC(NC(=O)N1C(=O)CC1CC)c1ccccc1C. The summed E-state index contributed by atoms with van der Waals surface area (Å²) >= 11 is 0. The lowest BCUT2D eigenvalue weighted by Gasteiger charge is -2.39. The third-order valence-electron chi connectivity index (χ3n) is 4.17. The van der Waals surface area contributed by atoms with Crippen molar-refractivity contribution in [3.63, 3.8) is 0 Å². The molecule has 1 N–H and O–H groups in total. The van der Waals surface area contributed by atoms with Gasteiger partial charge >= 0.3 is 6.03 Å². The highest BCUT2D eigenvalue weighted by atomic mass is 16.2. The van der Waals surface area contributed by atoms with E-state index in [0.29, 0.717) is 6.42 Å². The lowest BCUT2D eigenvalue weighted by Crippen LogP contribution is -2.58. The van der Waals surface area contributed by atoms with Crippen molar-refractivity contribution in [3.8, 4) is 0 Å². The van der Waals surface area contributed by atoms with Gasteiger partial charge in [-0.15, -0.1) is 0 Å². The zero-order chi connectivity index (χ0) is 15.4. The number of nitrogens with one attached hydrogen (secondary N) is 1. The van der Waals surface area contributed by atoms with Gasteiger partial charge in [0.25, 0.3) is 0 Å². The Labute approximate surface area is 126 Å². The van der Waals surface area contributed by atoms with Crippen molar-refractivity contribution < 1.29 is 9.59 Å². The van der Waals surface area contributed by atoms with E-state index in [1.165, 1.54) is 10.5 Å². The number of benzene rings is 1. The molecular formula is C17H24N2O2. The molecule has 3 amide bonds. The number of nitrogens with zero attached hydrogens (tertiary/aromatic N) is 1. The molecule has 2 atom stereocenters. The monoisotopic (exact) mass is 288 g/mol. The van der Waals surface area contributed by atoms with E-state index in [2.05, 4.69) is 12.2 Å². The topological polar surface area (TPSA) is 49.4 Å². The van der Waals surface area contributed by atoms with Crippen molar-refractivity contribution in [2.45, 2.75) is 58.5 Å². The fraction of sp³-hybridized carbons (Fsp3) is 0.529. The molecule has 1 saturated heterocycles. The fourth-order valence-corrected chi connectivity index (χ4v) is 2.88. The highest BCUT2D eigenvalue weighted by molar-refractivity contribution is 5.99. The molecule has 0 radical (unpaired) electrons. The third kappa shape index (κ3) is 3.26. The molecule has 4 heteroatoms. The first-order valence-corrected chi connectivity index (χ1v) is 7.76. The van der Waals surface area contributed by atoms with Gasteiger partial charge in [-0.25, -0.2) is 4.79 Å². The summed E-state index contributed by atoms with van der Waals surface area (Å²) in [5, 5.41) is 3.04. The van der Waals surface area contributed by atoms with Crippen molar-refractivity contribution >= 4 is 11.9 Å². The quantitative estimate of drug-likeness (QED) is 0.842. The molecular weight excluding hydrogens is 264 g/mol. The van der Waals surface area contributed by atoms with Crippen LogP contribution in [0.5, 0.6) is 0 Å². The molecule has 4 nitrogen and oxygen atoms in total. The van der Waals surface area contributed by atoms with Gasteiger partial charge < -0.3 is 5.32 Å². The zero-order valence-corrected chi connectivity index (χ0v) is 13.1. The first-order valence-electron chi connectivity index (χ1n) is 7.76. The lowest BCUT2D eigenvalue weighted by atomic mass is 9.97. The minimum Gasteiger partial charge on any atom is -0.331 e. The minimum absolute atomic E-state index is 0.0328. The number of rotatable bonds is 5. The summed E-state index contributed by atoms with van der Waals surface area (Å²) in [4.78, 5) is 25.4. The number of hydrogen-bond acceptors (Lipinski definition) is 2. The second-order valence-corrected chi connectivity index (χ2v) is 5.68. The van der Waals surface area contributed by atoms with Crippen LogP contribution in [0.15, 0.2) is 24.3 Å². The van der Waals surface area contributed by atoms with E-state index in [4.69, 9.17) is 0 Å². The number of aryl methyl sites for hydroxylation is 1. The predicted octanol–water partition coefficient (Wildman–Crippen LogP) is 3.56. The van der Waals surface area contributed by atoms with E-state index in [9.17, 15) is 9.59 Å². The highest BCUT2D eigenvalue weighted by Crippen LogP contribution is 2.26. The van der Waals surface area contributed by atoms with Crippen LogP contribution in [-0.2, 0) is 4.79 Å². The summed E-state index contributed by atoms with van der Waals surface area (Å²) in [6.45, 7) is 6.15. The Morgan fingerprint density at radius 3 is 2.67 bits per heavy atom. The van der Waals surface area contributed by atoms with Crippen LogP contribution in [-0.4, -0.2) is 22.9 Å². The van der Waals surface area contributed by atoms with E-state index >= 15 is 0 Å². The van der Waals surface area contributed by atoms with E-state index in [-0.39, 0.29) is 24.0 Å². The number of hydrogen-bond donors (Lipinski definition) is 1. The van der Waals surface area contributed by atoms with Crippen LogP contribution >= 0.6 is 0 Å². The lowest BCUT2D eigenvalue weighted by molar-refractivity contribution is -0.140. The second kappa shape index (κ2) is 6.74. The van der Waals surface area contributed by atoms with Gasteiger partial charge in [0.05, 0.1) is 6.04 Å². The largest absolute Gasteiger partial charge is 0.331 e. The van der Waals surface area contributed by atoms with Gasteiger partial charge in [-0.2, -0.15) is 0 Å². The molecule has 1 heterocycles. The third-order valence-corrected chi connectivity index (χ3v) is 4.17. The molecule has 0 aromatic heterocycles. The molecule has 1 aromatic carbocycles. The summed E-state index contributed by atoms with van der Waals surface area (Å²) in [5.41, 5.74) is 2.30. The molecule has 1 aromatic rings. The standard InChI is InChI=1S/C17H24N2O2/c1-4-8-15(14-10-7-6-9-12(14)3)18-17(21)19-13(5-2)11-16(19)20/h6-7,9-10,13,15H,4-5,8,11H2,1-3H3,(H,18,21). The van der Waals surface area contributed by atoms with Crippen LogP contribution in [0.4, 0.5) is 4.79 Å². The van der Waals surface area contributed by atoms with E-state index in [1.807, 2.05) is 38.1 Å². The summed E-state index contributed by atoms with van der Waals surface area (Å²) in [6, 6.07) is 7.86. The van der Waals surface area contributed by atoms with Gasteiger partial charge in [-0.3, -0.25) is 9.69 Å². The molecule has 0 bridgehead atoms. The van der Waals surface area contributed by atoms with Crippen LogP contribution in [0.1, 0.15) is 56.7 Å². The Balaban J connectivity index is 2.11. The Morgan fingerprint density at radius 2 is 2.10 bits per heavy atom. The predicted molar refractivity (Wildman–Crippen MR) is 82.9 cm³/mol. The van der Waals surface area contributed by atoms with Crippen molar-refractivity contribution in [2.75, 3.05) is 0 Å². The number of carbonyl (C=O) groups excluding carboxylic acids is 2. The maximum Gasteiger partial charge on any atom is 0.324 e. The maximum absolute atomic E-state index is 12.4. The summed E-state index contributed by atoms with van der Waals surface area (Å²) < 4.78 is 0. The molecule has 0 spiro atoms. The Hall–Kier alpha value is -1.84. The summed E-state index contributed by atoms with van der Waals surface area (Å²) in [5.74, 6) is -0.0700. The smallest absolute Gasteiger partial charge is 0.324 e. The Morgan fingerprint density at radius 1 is 1.38 bits per heavy atom. The van der Waals surface area contributed by atoms with Crippen molar-refractivity contribution in [1.82, 2.24) is 10.2 Å². The fourth-order valence-electron chi connectivity index (χ4n) is 2.88. The van der Waals surface area contributed by atoms with Gasteiger partial charge in [-0.1, -0.05) is 44.5 Å². The second-order valence-electron chi connectivity index (χ2n) is 5.68. The van der Waals surface area contributed by atoms with E-state index in [1.54, 1.807) is 0 Å². The average Bonchev–Trinajstić information content (AvgIpc) is 2.44. The highest BCUT2D eigenvalue weighted by Gasteiger charge is 2.40. The van der Waals surface area contributed by atoms with Crippen LogP contribution in [0.25, 0.3) is 0 Å². The molecule has 0 aliphatic carbocycles. The minimum atomic E-state index is -0.250. The molecule has 2 rings (SSSR count). The van der Waals surface area contributed by atoms with Gasteiger partial charge in [0.1, 0.15) is 0 Å². The molecule has 1 fully saturated rings. The number of carbonyl (C=O) groups is 2. The number of likely N-dealkylation sites (tertiary alicyclic amines) is 1. The number of amides is 3. The van der Waals surface area contributed by atoms with Crippen molar-refractivity contribution in [2.24, 2.45) is 0 Å². The van der Waals surface area contributed by atoms with Crippen LogP contribution < -0.4 is 5.32 Å². The number of imide groups is 1. The van der Waals surface area contributed by atoms with Gasteiger partial charge in [0.15, 0.2) is 0 Å². The van der Waals surface area contributed by atoms with Crippen molar-refractivity contribution in [1.29, 1.82) is 0 Å². The van der Waals surface area contributed by atoms with Crippen molar-refractivity contribution in [3.05, 3.63) is 35.4 Å². The van der Waals surface area contributed by atoms with Gasteiger partial charge in [-0.05, 0) is 30.9 Å².